The third-order valence-electron chi connectivity index (χ3n) is 3.94. The molecule has 24 heavy (non-hydrogen) atoms. The number of nitrogens with one attached hydrogen (secondary N) is 1. The Morgan fingerprint density at radius 2 is 2.08 bits per heavy atom. The van der Waals surface area contributed by atoms with E-state index < -0.39 is 10.0 Å². The summed E-state index contributed by atoms with van der Waals surface area (Å²) in [6, 6.07) is 12.2. The Hall–Kier alpha value is -2.25. The van der Waals surface area contributed by atoms with Crippen LogP contribution < -0.4 is 19.1 Å². The minimum atomic E-state index is -3.62. The standard InChI is InChI=1S/C17H20N2O4S/c1-19-8-9-23-17-11-15(6-7-16(17)19)24(20,21)18-12-13-4-3-5-14(10-13)22-2/h3-7,10-11,18H,8-9,12H2,1-2H3. The second-order valence-electron chi connectivity index (χ2n) is 5.58. The van der Waals surface area contributed by atoms with Crippen LogP contribution in [-0.4, -0.2) is 35.7 Å². The van der Waals surface area contributed by atoms with Gasteiger partial charge in [-0.05, 0) is 29.8 Å². The Kier molecular flexibility index (Phi) is 4.64. The van der Waals surface area contributed by atoms with E-state index in [4.69, 9.17) is 9.47 Å². The first-order valence-electron chi connectivity index (χ1n) is 7.60. The van der Waals surface area contributed by atoms with E-state index >= 15 is 0 Å². The number of ether oxygens (including phenoxy) is 2. The number of benzene rings is 2. The third-order valence-corrected chi connectivity index (χ3v) is 5.34. The zero-order valence-electron chi connectivity index (χ0n) is 13.7. The Morgan fingerprint density at radius 3 is 2.88 bits per heavy atom. The molecular weight excluding hydrogens is 328 g/mol. The van der Waals surface area contributed by atoms with E-state index in [0.29, 0.717) is 18.1 Å². The number of hydrogen-bond donors (Lipinski definition) is 1. The van der Waals surface area contributed by atoms with Crippen molar-refractivity contribution >= 4 is 15.7 Å². The van der Waals surface area contributed by atoms with Gasteiger partial charge >= 0.3 is 0 Å². The molecule has 0 saturated carbocycles. The first kappa shape index (κ1) is 16.6. The summed E-state index contributed by atoms with van der Waals surface area (Å²) in [5.41, 5.74) is 1.72. The lowest BCUT2D eigenvalue weighted by atomic mass is 10.2. The molecule has 0 spiro atoms. The summed E-state index contributed by atoms with van der Waals surface area (Å²) in [7, 11) is -0.0866. The molecule has 128 valence electrons. The lowest BCUT2D eigenvalue weighted by Gasteiger charge is -2.27. The molecule has 0 atom stereocenters. The van der Waals surface area contributed by atoms with Crippen LogP contribution in [0, 0.1) is 0 Å². The number of fused-ring (bicyclic) bond motifs is 1. The quantitative estimate of drug-likeness (QED) is 0.895. The molecule has 7 heteroatoms. The van der Waals surface area contributed by atoms with Crippen molar-refractivity contribution in [2.75, 3.05) is 32.2 Å². The maximum Gasteiger partial charge on any atom is 0.241 e. The van der Waals surface area contributed by atoms with Gasteiger partial charge in [-0.3, -0.25) is 0 Å². The van der Waals surface area contributed by atoms with Crippen LogP contribution in [-0.2, 0) is 16.6 Å². The first-order chi connectivity index (χ1) is 11.5. The van der Waals surface area contributed by atoms with Crippen LogP contribution in [0.5, 0.6) is 11.5 Å². The fourth-order valence-corrected chi connectivity index (χ4v) is 3.58. The molecule has 0 amide bonds. The van der Waals surface area contributed by atoms with Crippen molar-refractivity contribution < 1.29 is 17.9 Å². The average molecular weight is 348 g/mol. The van der Waals surface area contributed by atoms with Crippen molar-refractivity contribution in [2.24, 2.45) is 0 Å². The normalized spacial score (nSPS) is 14.0. The van der Waals surface area contributed by atoms with Gasteiger partial charge in [-0.1, -0.05) is 12.1 Å². The monoisotopic (exact) mass is 348 g/mol. The Bertz CT molecular complexity index is 836. The molecule has 1 aliphatic heterocycles. The van der Waals surface area contributed by atoms with E-state index in [0.717, 1.165) is 17.8 Å². The van der Waals surface area contributed by atoms with Gasteiger partial charge < -0.3 is 14.4 Å². The molecule has 0 aliphatic carbocycles. The van der Waals surface area contributed by atoms with Gasteiger partial charge in [0.25, 0.3) is 0 Å². The van der Waals surface area contributed by atoms with Gasteiger partial charge in [-0.15, -0.1) is 0 Å². The van der Waals surface area contributed by atoms with E-state index in [9.17, 15) is 8.42 Å². The maximum atomic E-state index is 12.5. The predicted octanol–water partition coefficient (Wildman–Crippen LogP) is 2.00. The van der Waals surface area contributed by atoms with Gasteiger partial charge in [-0.2, -0.15) is 0 Å². The lowest BCUT2D eigenvalue weighted by molar-refractivity contribution is 0.310. The SMILES string of the molecule is COc1cccc(CNS(=O)(=O)c2ccc3c(c2)OCCN3C)c1. The summed E-state index contributed by atoms with van der Waals surface area (Å²) in [4.78, 5) is 2.23. The molecule has 1 N–H and O–H groups in total. The van der Waals surface area contributed by atoms with Gasteiger partial charge in [0.05, 0.1) is 24.2 Å². The minimum Gasteiger partial charge on any atom is -0.497 e. The molecule has 0 saturated heterocycles. The van der Waals surface area contributed by atoms with Gasteiger partial charge in [0.15, 0.2) is 0 Å². The second kappa shape index (κ2) is 6.70. The summed E-state index contributed by atoms with van der Waals surface area (Å²) in [6.45, 7) is 1.52. The summed E-state index contributed by atoms with van der Waals surface area (Å²) >= 11 is 0. The van der Waals surface area contributed by atoms with Gasteiger partial charge in [0.1, 0.15) is 18.1 Å². The molecule has 0 unspecified atom stereocenters. The van der Waals surface area contributed by atoms with Gasteiger partial charge in [-0.25, -0.2) is 13.1 Å². The van der Waals surface area contributed by atoms with Crippen LogP contribution in [0.25, 0.3) is 0 Å². The van der Waals surface area contributed by atoms with Crippen LogP contribution in [0.4, 0.5) is 5.69 Å². The molecule has 0 bridgehead atoms. The minimum absolute atomic E-state index is 0.192. The first-order valence-corrected chi connectivity index (χ1v) is 9.08. The number of likely N-dealkylation sites (N-methyl/N-ethyl adjacent to an activating group) is 1. The largest absolute Gasteiger partial charge is 0.497 e. The van der Waals surface area contributed by atoms with Crippen molar-refractivity contribution in [1.82, 2.24) is 4.72 Å². The van der Waals surface area contributed by atoms with E-state index in [1.54, 1.807) is 31.4 Å². The lowest BCUT2D eigenvalue weighted by Crippen LogP contribution is -2.29. The third kappa shape index (κ3) is 3.47. The number of anilines is 1. The highest BCUT2D eigenvalue weighted by Crippen LogP contribution is 2.32. The van der Waals surface area contributed by atoms with Crippen molar-refractivity contribution in [1.29, 1.82) is 0 Å². The molecular formula is C17H20N2O4S. The maximum absolute atomic E-state index is 12.5. The number of nitrogens with zero attached hydrogens (tertiary/aromatic N) is 1. The van der Waals surface area contributed by atoms with Crippen molar-refractivity contribution in [3.8, 4) is 11.5 Å². The van der Waals surface area contributed by atoms with Crippen LogP contribution in [0.1, 0.15) is 5.56 Å². The van der Waals surface area contributed by atoms with Crippen molar-refractivity contribution in [3.05, 3.63) is 48.0 Å². The van der Waals surface area contributed by atoms with E-state index in [2.05, 4.69) is 4.72 Å². The van der Waals surface area contributed by atoms with Crippen LogP contribution in [0.15, 0.2) is 47.4 Å². The van der Waals surface area contributed by atoms with Gasteiger partial charge in [0, 0.05) is 19.7 Å². The number of hydrogen-bond acceptors (Lipinski definition) is 5. The fraction of sp³-hybridized carbons (Fsp3) is 0.294. The summed E-state index contributed by atoms with van der Waals surface area (Å²) in [5, 5.41) is 0. The number of methoxy groups -OCH3 is 1. The summed E-state index contributed by atoms with van der Waals surface area (Å²) < 4.78 is 38.4. The smallest absolute Gasteiger partial charge is 0.241 e. The summed E-state index contributed by atoms with van der Waals surface area (Å²) in [6.07, 6.45) is 0. The van der Waals surface area contributed by atoms with E-state index in [1.165, 1.54) is 0 Å². The molecule has 0 radical (unpaired) electrons. The van der Waals surface area contributed by atoms with Crippen LogP contribution in [0.2, 0.25) is 0 Å². The second-order valence-corrected chi connectivity index (χ2v) is 7.34. The molecule has 2 aromatic carbocycles. The average Bonchev–Trinajstić information content (AvgIpc) is 2.60. The highest BCUT2D eigenvalue weighted by molar-refractivity contribution is 7.89. The summed E-state index contributed by atoms with van der Waals surface area (Å²) in [5.74, 6) is 1.28. The number of rotatable bonds is 5. The Morgan fingerprint density at radius 1 is 1.25 bits per heavy atom. The molecule has 0 fully saturated rings. The predicted molar refractivity (Wildman–Crippen MR) is 92.2 cm³/mol. The molecule has 3 rings (SSSR count). The molecule has 1 aliphatic rings. The molecule has 0 aromatic heterocycles. The highest BCUT2D eigenvalue weighted by Gasteiger charge is 2.20. The van der Waals surface area contributed by atoms with Crippen molar-refractivity contribution in [3.63, 3.8) is 0 Å². The Balaban J connectivity index is 1.78. The zero-order chi connectivity index (χ0) is 17.2. The van der Waals surface area contributed by atoms with E-state index in [-0.39, 0.29) is 11.4 Å². The highest BCUT2D eigenvalue weighted by atomic mass is 32.2. The molecule has 1 heterocycles. The Labute approximate surface area is 142 Å². The van der Waals surface area contributed by atoms with Crippen LogP contribution >= 0.6 is 0 Å². The van der Waals surface area contributed by atoms with Crippen molar-refractivity contribution in [2.45, 2.75) is 11.4 Å². The zero-order valence-corrected chi connectivity index (χ0v) is 14.5. The molecule has 6 nitrogen and oxygen atoms in total. The fourth-order valence-electron chi connectivity index (χ4n) is 2.55. The topological polar surface area (TPSA) is 67.9 Å². The van der Waals surface area contributed by atoms with Crippen LogP contribution in [0.3, 0.4) is 0 Å². The van der Waals surface area contributed by atoms with Gasteiger partial charge in [0.2, 0.25) is 10.0 Å². The van der Waals surface area contributed by atoms with E-state index in [1.807, 2.05) is 30.1 Å². The molecule has 2 aromatic rings. The number of sulfonamides is 1.